The number of halogens is 1. The molecule has 0 unspecified atom stereocenters. The number of carbonyl (C=O) groups excluding carboxylic acids is 1. The molecule has 72 valence electrons. The van der Waals surface area contributed by atoms with Crippen LogP contribution in [0.15, 0.2) is 12.1 Å². The van der Waals surface area contributed by atoms with Gasteiger partial charge in [0, 0.05) is 0 Å². The first kappa shape index (κ1) is 10.8. The molecule has 0 aliphatic carbocycles. The molecule has 0 saturated carbocycles. The van der Waals surface area contributed by atoms with Gasteiger partial charge < -0.3 is 9.84 Å². The second kappa shape index (κ2) is 4.28. The van der Waals surface area contributed by atoms with Crippen LogP contribution < -0.4 is 0 Å². The van der Waals surface area contributed by atoms with Gasteiger partial charge in [-0.2, -0.15) is 5.26 Å². The zero-order valence-electron chi connectivity index (χ0n) is 7.24. The van der Waals surface area contributed by atoms with Crippen LogP contribution in [0.25, 0.3) is 0 Å². The van der Waals surface area contributed by atoms with Crippen LogP contribution >= 0.6 is 22.6 Å². The van der Waals surface area contributed by atoms with Gasteiger partial charge in [-0.05, 0) is 34.7 Å². The third kappa shape index (κ3) is 1.80. The quantitative estimate of drug-likeness (QED) is 0.632. The molecule has 0 atom stereocenters. The number of methoxy groups -OCH3 is 1. The average Bonchev–Trinajstić information content (AvgIpc) is 2.21. The van der Waals surface area contributed by atoms with Crippen LogP contribution in [0.4, 0.5) is 0 Å². The van der Waals surface area contributed by atoms with Gasteiger partial charge in [-0.3, -0.25) is 0 Å². The van der Waals surface area contributed by atoms with Crippen molar-refractivity contribution in [2.24, 2.45) is 0 Å². The van der Waals surface area contributed by atoms with Crippen LogP contribution in [0.5, 0.6) is 5.75 Å². The Labute approximate surface area is 94.2 Å². The van der Waals surface area contributed by atoms with Gasteiger partial charge >= 0.3 is 5.97 Å². The molecular weight excluding hydrogens is 297 g/mol. The van der Waals surface area contributed by atoms with Crippen molar-refractivity contribution in [3.05, 3.63) is 26.8 Å². The zero-order chi connectivity index (χ0) is 10.7. The highest BCUT2D eigenvalue weighted by Crippen LogP contribution is 2.27. The maximum atomic E-state index is 11.1. The Bertz CT molecular complexity index is 423. The van der Waals surface area contributed by atoms with Gasteiger partial charge in [0.2, 0.25) is 0 Å². The Kier molecular flexibility index (Phi) is 3.30. The van der Waals surface area contributed by atoms with Gasteiger partial charge in [0.25, 0.3) is 0 Å². The lowest BCUT2D eigenvalue weighted by molar-refractivity contribution is 0.0597. The highest BCUT2D eigenvalue weighted by atomic mass is 127. The minimum atomic E-state index is -0.620. The monoisotopic (exact) mass is 303 g/mol. The number of carbonyl (C=O) groups is 1. The number of benzene rings is 1. The number of rotatable bonds is 1. The van der Waals surface area contributed by atoms with E-state index in [2.05, 4.69) is 4.74 Å². The smallest absolute Gasteiger partial charge is 0.341 e. The normalized spacial score (nSPS) is 9.21. The summed E-state index contributed by atoms with van der Waals surface area (Å²) in [5.74, 6) is -0.832. The van der Waals surface area contributed by atoms with E-state index in [4.69, 9.17) is 5.26 Å². The van der Waals surface area contributed by atoms with Gasteiger partial charge in [0.05, 0.1) is 16.2 Å². The number of aromatic hydroxyl groups is 1. The van der Waals surface area contributed by atoms with E-state index in [0.29, 0.717) is 9.13 Å². The molecule has 1 aromatic rings. The summed E-state index contributed by atoms with van der Waals surface area (Å²) in [7, 11) is 1.23. The number of hydrogen-bond donors (Lipinski definition) is 1. The third-order valence-corrected chi connectivity index (χ3v) is 2.73. The lowest BCUT2D eigenvalue weighted by Gasteiger charge is -2.04. The van der Waals surface area contributed by atoms with Crippen molar-refractivity contribution in [3.63, 3.8) is 0 Å². The fourth-order valence-corrected chi connectivity index (χ4v) is 1.52. The second-order valence-electron chi connectivity index (χ2n) is 2.43. The molecule has 1 aromatic carbocycles. The van der Waals surface area contributed by atoms with Gasteiger partial charge in [-0.15, -0.1) is 0 Å². The van der Waals surface area contributed by atoms with Crippen LogP contribution in [0.1, 0.15) is 15.9 Å². The van der Waals surface area contributed by atoms with E-state index in [0.717, 1.165) is 0 Å². The molecule has 0 bridgehead atoms. The average molecular weight is 303 g/mol. The molecule has 0 aliphatic heterocycles. The number of nitriles is 1. The number of phenols is 1. The SMILES string of the molecule is COC(=O)c1ccc(C#N)c(I)c1O. The first-order valence-corrected chi connectivity index (χ1v) is 4.69. The summed E-state index contributed by atoms with van der Waals surface area (Å²) in [6.07, 6.45) is 0. The van der Waals surface area contributed by atoms with Crippen LogP contribution in [-0.4, -0.2) is 18.2 Å². The Balaban J connectivity index is 3.33. The summed E-state index contributed by atoms with van der Waals surface area (Å²) < 4.78 is 4.82. The number of nitrogens with zero attached hydrogens (tertiary/aromatic N) is 1. The summed E-state index contributed by atoms with van der Waals surface area (Å²) in [6, 6.07) is 4.73. The maximum absolute atomic E-state index is 11.1. The van der Waals surface area contributed by atoms with Gasteiger partial charge in [0.1, 0.15) is 17.4 Å². The zero-order valence-corrected chi connectivity index (χ0v) is 9.40. The Morgan fingerprint density at radius 3 is 2.79 bits per heavy atom. The van der Waals surface area contributed by atoms with E-state index in [1.807, 2.05) is 6.07 Å². The van der Waals surface area contributed by atoms with Crippen LogP contribution in [0, 0.1) is 14.9 Å². The molecule has 0 fully saturated rings. The van der Waals surface area contributed by atoms with Crippen molar-refractivity contribution >= 4 is 28.6 Å². The van der Waals surface area contributed by atoms with Crippen LogP contribution in [0.3, 0.4) is 0 Å². The van der Waals surface area contributed by atoms with Crippen molar-refractivity contribution < 1.29 is 14.6 Å². The summed E-state index contributed by atoms with van der Waals surface area (Å²) in [4.78, 5) is 11.1. The predicted molar refractivity (Wildman–Crippen MR) is 56.9 cm³/mol. The first-order valence-electron chi connectivity index (χ1n) is 3.61. The summed E-state index contributed by atoms with van der Waals surface area (Å²) in [5.41, 5.74) is 0.395. The van der Waals surface area contributed by atoms with Crippen molar-refractivity contribution in [2.75, 3.05) is 7.11 Å². The number of phenolic OH excluding ortho intramolecular Hbond substituents is 1. The molecule has 0 heterocycles. The van der Waals surface area contributed by atoms with Crippen LogP contribution in [-0.2, 0) is 4.74 Å². The Morgan fingerprint density at radius 2 is 2.29 bits per heavy atom. The number of hydrogen-bond acceptors (Lipinski definition) is 4. The fraction of sp³-hybridized carbons (Fsp3) is 0.111. The highest BCUT2D eigenvalue weighted by molar-refractivity contribution is 14.1. The molecule has 1 rings (SSSR count). The van der Waals surface area contributed by atoms with Crippen molar-refractivity contribution in [2.45, 2.75) is 0 Å². The van der Waals surface area contributed by atoms with E-state index < -0.39 is 5.97 Å². The van der Waals surface area contributed by atoms with Crippen molar-refractivity contribution in [3.8, 4) is 11.8 Å². The third-order valence-electron chi connectivity index (χ3n) is 1.64. The molecule has 4 nitrogen and oxygen atoms in total. The van der Waals surface area contributed by atoms with Crippen molar-refractivity contribution in [1.29, 1.82) is 5.26 Å². The lowest BCUT2D eigenvalue weighted by Crippen LogP contribution is -2.02. The minimum absolute atomic E-state index is 0.0656. The first-order chi connectivity index (χ1) is 6.61. The lowest BCUT2D eigenvalue weighted by atomic mass is 10.1. The fourth-order valence-electron chi connectivity index (χ4n) is 0.926. The molecule has 0 saturated heterocycles. The maximum Gasteiger partial charge on any atom is 0.341 e. The predicted octanol–water partition coefficient (Wildman–Crippen LogP) is 1.66. The molecule has 14 heavy (non-hydrogen) atoms. The van der Waals surface area contributed by atoms with Crippen LogP contribution in [0.2, 0.25) is 0 Å². The summed E-state index contributed by atoms with van der Waals surface area (Å²) in [5, 5.41) is 18.2. The summed E-state index contributed by atoms with van der Waals surface area (Å²) in [6.45, 7) is 0. The largest absolute Gasteiger partial charge is 0.506 e. The molecule has 0 amide bonds. The van der Waals surface area contributed by atoms with Gasteiger partial charge in [-0.25, -0.2) is 4.79 Å². The van der Waals surface area contributed by atoms with E-state index in [-0.39, 0.29) is 11.3 Å². The van der Waals surface area contributed by atoms with Gasteiger partial charge in [-0.1, -0.05) is 0 Å². The Hall–Kier alpha value is -1.29. The van der Waals surface area contributed by atoms with E-state index in [1.54, 1.807) is 22.6 Å². The highest BCUT2D eigenvalue weighted by Gasteiger charge is 2.16. The molecule has 0 aromatic heterocycles. The minimum Gasteiger partial charge on any atom is -0.506 e. The standard InChI is InChI=1S/C9H6INO3/c1-14-9(13)6-3-2-5(4-11)7(10)8(6)12/h2-3,12H,1H3. The molecule has 1 N–H and O–H groups in total. The van der Waals surface area contributed by atoms with Crippen molar-refractivity contribution in [1.82, 2.24) is 0 Å². The summed E-state index contributed by atoms with van der Waals surface area (Å²) >= 11 is 1.80. The second-order valence-corrected chi connectivity index (χ2v) is 3.51. The molecule has 0 aliphatic rings. The molecule has 0 radical (unpaired) electrons. The number of esters is 1. The van der Waals surface area contributed by atoms with Gasteiger partial charge in [0.15, 0.2) is 0 Å². The van der Waals surface area contributed by atoms with E-state index in [1.165, 1.54) is 19.2 Å². The molecule has 0 spiro atoms. The topological polar surface area (TPSA) is 70.3 Å². The Morgan fingerprint density at radius 1 is 1.64 bits per heavy atom. The van der Waals surface area contributed by atoms with E-state index in [9.17, 15) is 9.90 Å². The number of ether oxygens (including phenoxy) is 1. The molecule has 5 heteroatoms. The molecular formula is C9H6INO3. The van der Waals surface area contributed by atoms with E-state index >= 15 is 0 Å².